The number of aryl methyl sites for hydroxylation is 2. The minimum absolute atomic E-state index is 0.0402. The van der Waals surface area contributed by atoms with Crippen molar-refractivity contribution in [2.75, 3.05) is 4.72 Å². The molecule has 0 unspecified atom stereocenters. The first-order valence-electron chi connectivity index (χ1n) is 11.1. The van der Waals surface area contributed by atoms with Crippen LogP contribution in [0.5, 0.6) is 11.5 Å². The van der Waals surface area contributed by atoms with Crippen LogP contribution in [0.25, 0.3) is 21.8 Å². The largest absolute Gasteiger partial charge is 0.453 e. The lowest BCUT2D eigenvalue weighted by Gasteiger charge is -2.14. The first-order valence-corrected chi connectivity index (χ1v) is 13.7. The van der Waals surface area contributed by atoms with Gasteiger partial charge in [-0.05, 0) is 49.2 Å². The van der Waals surface area contributed by atoms with Crippen molar-refractivity contribution < 1.29 is 18.1 Å². The number of hydrogen-bond donors (Lipinski definition) is 2. The van der Waals surface area contributed by atoms with Gasteiger partial charge in [0.2, 0.25) is 0 Å². The monoisotopic (exact) mass is 589 g/mol. The van der Waals surface area contributed by atoms with Crippen molar-refractivity contribution in [2.45, 2.75) is 18.7 Å². The lowest BCUT2D eigenvalue weighted by molar-refractivity contribution is -0.384. The summed E-state index contributed by atoms with van der Waals surface area (Å²) in [5.41, 5.74) is 3.83. The molecule has 0 saturated heterocycles. The number of anilines is 1. The van der Waals surface area contributed by atoms with Gasteiger partial charge in [-0.1, -0.05) is 59.1 Å². The van der Waals surface area contributed by atoms with E-state index in [9.17, 15) is 18.5 Å². The minimum atomic E-state index is -4.12. The van der Waals surface area contributed by atoms with E-state index in [0.29, 0.717) is 11.2 Å². The molecule has 1 heterocycles. The molecule has 0 amide bonds. The van der Waals surface area contributed by atoms with Gasteiger partial charge < -0.3 is 9.72 Å². The summed E-state index contributed by atoms with van der Waals surface area (Å²) in [6.45, 7) is 3.99. The van der Waals surface area contributed by atoms with Crippen molar-refractivity contribution >= 4 is 78.0 Å². The second kappa shape index (κ2) is 9.67. The molecule has 0 saturated carbocycles. The van der Waals surface area contributed by atoms with E-state index >= 15 is 0 Å². The average molecular weight is 591 g/mol. The highest BCUT2D eigenvalue weighted by molar-refractivity contribution is 7.92. The molecule has 0 fully saturated rings. The Bertz CT molecular complexity index is 1860. The summed E-state index contributed by atoms with van der Waals surface area (Å²) in [7, 11) is -4.12. The number of hydrogen-bond acceptors (Lipinski definition) is 5. The van der Waals surface area contributed by atoms with E-state index in [2.05, 4.69) is 9.71 Å². The summed E-state index contributed by atoms with van der Waals surface area (Å²) < 4.78 is 35.0. The maximum Gasteiger partial charge on any atom is 0.271 e. The van der Waals surface area contributed by atoms with Gasteiger partial charge >= 0.3 is 0 Å². The third kappa shape index (κ3) is 4.63. The summed E-state index contributed by atoms with van der Waals surface area (Å²) in [6.07, 6.45) is 0. The van der Waals surface area contributed by atoms with Crippen LogP contribution >= 0.6 is 34.8 Å². The fraction of sp³-hybridized carbons (Fsp3) is 0.0769. The van der Waals surface area contributed by atoms with E-state index in [1.54, 1.807) is 12.1 Å². The number of nitrogens with one attached hydrogen (secondary N) is 2. The molecule has 0 radical (unpaired) electrons. The maximum atomic E-state index is 13.4. The van der Waals surface area contributed by atoms with E-state index in [0.717, 1.165) is 33.5 Å². The molecule has 0 bridgehead atoms. The number of non-ortho nitro benzene ring substituents is 1. The maximum absolute atomic E-state index is 13.4. The number of ether oxygens (including phenoxy) is 1. The summed E-state index contributed by atoms with van der Waals surface area (Å²) in [6, 6.07) is 15.4. The number of sulfonamides is 1. The molecule has 0 aliphatic heterocycles. The third-order valence-corrected chi connectivity index (χ3v) is 8.27. The second-order valence-electron chi connectivity index (χ2n) is 8.60. The van der Waals surface area contributed by atoms with Crippen molar-refractivity contribution in [3.8, 4) is 11.5 Å². The molecule has 5 aromatic rings. The molecular formula is C26H18Cl3N3O5S. The van der Waals surface area contributed by atoms with Crippen molar-refractivity contribution in [2.24, 2.45) is 0 Å². The zero-order valence-electron chi connectivity index (χ0n) is 19.8. The molecule has 194 valence electrons. The number of nitro groups is 1. The van der Waals surface area contributed by atoms with Crippen LogP contribution in [0.4, 0.5) is 11.4 Å². The van der Waals surface area contributed by atoms with Gasteiger partial charge in [-0.3, -0.25) is 14.8 Å². The molecule has 0 spiro atoms. The van der Waals surface area contributed by atoms with Gasteiger partial charge in [0.1, 0.15) is 5.75 Å². The van der Waals surface area contributed by atoms with E-state index in [1.807, 2.05) is 32.0 Å². The Kier molecular flexibility index (Phi) is 6.65. The standard InChI is InChI=1S/C26H18Cl3N3O5S/c1-13-6-7-14(2)24-23(13)17-4-3-5-21(25(17)30-24)31-38(35,36)16-11-19(28)26(20(29)12-16)37-22-9-8-15(32(33)34)10-18(22)27/h3-12,30-31H,1-2H3. The van der Waals surface area contributed by atoms with Crippen LogP contribution in [0.15, 0.2) is 65.6 Å². The highest BCUT2D eigenvalue weighted by Crippen LogP contribution is 2.42. The number of aromatic nitrogens is 1. The predicted octanol–water partition coefficient (Wildman–Crippen LogP) is 8.40. The smallest absolute Gasteiger partial charge is 0.271 e. The van der Waals surface area contributed by atoms with Crippen LogP contribution in [-0.2, 0) is 10.0 Å². The van der Waals surface area contributed by atoms with Gasteiger partial charge in [0.15, 0.2) is 5.75 Å². The molecule has 0 aliphatic carbocycles. The molecule has 2 N–H and O–H groups in total. The van der Waals surface area contributed by atoms with Gasteiger partial charge in [-0.2, -0.15) is 0 Å². The Labute approximate surface area is 232 Å². The normalized spacial score (nSPS) is 11.7. The van der Waals surface area contributed by atoms with Gasteiger partial charge in [-0.15, -0.1) is 0 Å². The molecule has 38 heavy (non-hydrogen) atoms. The number of H-pyrrole nitrogens is 1. The Hall–Kier alpha value is -3.50. The summed E-state index contributed by atoms with van der Waals surface area (Å²) in [5.74, 6) is 0.0116. The predicted molar refractivity (Wildman–Crippen MR) is 151 cm³/mol. The van der Waals surface area contributed by atoms with Crippen molar-refractivity contribution in [1.82, 2.24) is 4.98 Å². The molecule has 0 aliphatic rings. The number of nitrogens with zero attached hydrogens (tertiary/aromatic N) is 1. The first-order chi connectivity index (χ1) is 18.0. The third-order valence-electron chi connectivity index (χ3n) is 6.07. The van der Waals surface area contributed by atoms with E-state index in [-0.39, 0.29) is 37.1 Å². The average Bonchev–Trinajstić information content (AvgIpc) is 3.26. The van der Waals surface area contributed by atoms with Gasteiger partial charge in [0, 0.05) is 28.4 Å². The van der Waals surface area contributed by atoms with Crippen LogP contribution in [0, 0.1) is 24.0 Å². The van der Waals surface area contributed by atoms with E-state index in [4.69, 9.17) is 39.5 Å². The van der Waals surface area contributed by atoms with Crippen molar-refractivity contribution in [1.29, 1.82) is 0 Å². The van der Waals surface area contributed by atoms with Crippen LogP contribution in [0.2, 0.25) is 15.1 Å². The highest BCUT2D eigenvalue weighted by atomic mass is 35.5. The number of halogens is 3. The second-order valence-corrected chi connectivity index (χ2v) is 11.5. The quantitative estimate of drug-likeness (QED) is 0.152. The molecule has 0 atom stereocenters. The van der Waals surface area contributed by atoms with E-state index < -0.39 is 14.9 Å². The molecule has 12 heteroatoms. The molecule has 8 nitrogen and oxygen atoms in total. The molecular weight excluding hydrogens is 573 g/mol. The summed E-state index contributed by atoms with van der Waals surface area (Å²) >= 11 is 18.8. The number of rotatable bonds is 6. The SMILES string of the molecule is Cc1ccc(C)c2c1[nH]c1c(NS(=O)(=O)c3cc(Cl)c(Oc4ccc([N+](=O)[O-])cc4Cl)c(Cl)c3)cccc12. The Morgan fingerprint density at radius 3 is 2.24 bits per heavy atom. The van der Waals surface area contributed by atoms with Crippen LogP contribution in [0.1, 0.15) is 11.1 Å². The first kappa shape index (κ1) is 26.1. The zero-order chi connectivity index (χ0) is 27.4. The number of para-hydroxylation sites is 1. The number of benzene rings is 4. The van der Waals surface area contributed by atoms with Crippen LogP contribution in [0.3, 0.4) is 0 Å². The van der Waals surface area contributed by atoms with Gasteiger partial charge in [-0.25, -0.2) is 8.42 Å². The Morgan fingerprint density at radius 2 is 1.58 bits per heavy atom. The fourth-order valence-electron chi connectivity index (χ4n) is 4.21. The minimum Gasteiger partial charge on any atom is -0.453 e. The Morgan fingerprint density at radius 1 is 0.895 bits per heavy atom. The van der Waals surface area contributed by atoms with E-state index in [1.165, 1.54) is 24.3 Å². The summed E-state index contributed by atoms with van der Waals surface area (Å²) in [4.78, 5) is 13.5. The zero-order valence-corrected chi connectivity index (χ0v) is 22.9. The highest BCUT2D eigenvalue weighted by Gasteiger charge is 2.22. The van der Waals surface area contributed by atoms with Crippen molar-refractivity contribution in [3.63, 3.8) is 0 Å². The van der Waals surface area contributed by atoms with Crippen LogP contribution in [-0.4, -0.2) is 18.3 Å². The number of aromatic amines is 1. The Balaban J connectivity index is 1.50. The lowest BCUT2D eigenvalue weighted by Crippen LogP contribution is -2.13. The molecule has 1 aromatic heterocycles. The van der Waals surface area contributed by atoms with Gasteiger partial charge in [0.25, 0.3) is 15.7 Å². The fourth-order valence-corrected chi connectivity index (χ4v) is 6.24. The topological polar surface area (TPSA) is 114 Å². The summed E-state index contributed by atoms with van der Waals surface area (Å²) in [5, 5.41) is 12.6. The molecule has 5 rings (SSSR count). The number of nitro benzene ring substituents is 1. The van der Waals surface area contributed by atoms with Gasteiger partial charge in [0.05, 0.1) is 36.1 Å². The number of fused-ring (bicyclic) bond motifs is 3. The lowest BCUT2D eigenvalue weighted by atomic mass is 10.0. The molecule has 4 aromatic carbocycles. The van der Waals surface area contributed by atoms with Crippen molar-refractivity contribution in [3.05, 3.63) is 97.0 Å². The van der Waals surface area contributed by atoms with Crippen LogP contribution < -0.4 is 9.46 Å².